The molecule has 4 rings (SSSR count). The standard InChI is InChI=1S/C36H63N7O7S/c1-32(2,3)25(20-42(11)51(49,50)41(9)10)39-31(48)40-27(33(4,5)6)30(47)43-21-36(34(7,8)35(36)16-13-17-35)19-24(43)29(46)38-23(26(44)28(37)45)18-22-14-12-15-22/h22-25,27H,12-21H2,1-11H3,(H2,37,45)(H,38,46)(H2,39,40,48)/t23?,24-,25?,27+,36?/m0/s1. The Bertz CT molecular complexity index is 1510. The van der Waals surface area contributed by atoms with Crippen LogP contribution in [0.15, 0.2) is 0 Å². The fourth-order valence-corrected chi connectivity index (χ4v) is 10.0. The number of Topliss-reactive ketones (excluding diaryl/α,β-unsaturated/α-hetero) is 1. The van der Waals surface area contributed by atoms with Crippen LogP contribution in [0.3, 0.4) is 0 Å². The zero-order valence-corrected chi connectivity index (χ0v) is 33.5. The summed E-state index contributed by atoms with van der Waals surface area (Å²) in [4.78, 5) is 69.3. The van der Waals surface area contributed by atoms with Crippen LogP contribution in [-0.2, 0) is 29.4 Å². The Morgan fingerprint density at radius 3 is 1.88 bits per heavy atom. The van der Waals surface area contributed by atoms with E-state index in [2.05, 4.69) is 29.8 Å². The number of likely N-dealkylation sites (tertiary alicyclic amines) is 1. The monoisotopic (exact) mass is 737 g/mol. The van der Waals surface area contributed by atoms with Crippen LogP contribution in [0.25, 0.3) is 0 Å². The highest BCUT2D eigenvalue weighted by molar-refractivity contribution is 7.86. The van der Waals surface area contributed by atoms with E-state index in [0.29, 0.717) is 19.4 Å². The second-order valence-electron chi connectivity index (χ2n) is 18.6. The number of amides is 5. The average Bonchev–Trinajstić information content (AvgIpc) is 3.18. The molecule has 5 N–H and O–H groups in total. The van der Waals surface area contributed by atoms with Gasteiger partial charge in [-0.15, -0.1) is 0 Å². The first kappa shape index (κ1) is 41.0. The molecule has 0 bridgehead atoms. The minimum absolute atomic E-state index is 0.00280. The van der Waals surface area contributed by atoms with Crippen molar-refractivity contribution in [2.24, 2.45) is 38.7 Å². The summed E-state index contributed by atoms with van der Waals surface area (Å²) in [5.74, 6) is -2.64. The number of carbonyl (C=O) groups is 5. The fraction of sp³-hybridized carbons (Fsp3) is 0.861. The third-order valence-corrected chi connectivity index (χ3v) is 15.0. The van der Waals surface area contributed by atoms with Crippen molar-refractivity contribution in [1.29, 1.82) is 0 Å². The predicted molar refractivity (Wildman–Crippen MR) is 194 cm³/mol. The average molecular weight is 738 g/mol. The molecular weight excluding hydrogens is 675 g/mol. The number of nitrogens with zero attached hydrogens (tertiary/aromatic N) is 3. The zero-order valence-electron chi connectivity index (χ0n) is 32.6. The van der Waals surface area contributed by atoms with Gasteiger partial charge in [0.25, 0.3) is 16.1 Å². The summed E-state index contributed by atoms with van der Waals surface area (Å²) in [6, 6.07) is -4.29. The molecule has 15 heteroatoms. The molecular formula is C36H63N7O7S. The number of rotatable bonds is 13. The summed E-state index contributed by atoms with van der Waals surface area (Å²) in [5.41, 5.74) is 3.64. The number of hydrogen-bond acceptors (Lipinski definition) is 7. The molecule has 14 nitrogen and oxygen atoms in total. The molecule has 0 radical (unpaired) electrons. The molecule has 5 atom stereocenters. The first-order valence-corrected chi connectivity index (χ1v) is 19.8. The SMILES string of the molecule is CN(C)S(=O)(=O)N(C)CC(NC(=O)N[C@H](C(=O)N1CC2(C[C@H]1C(=O)NC(CC1CCC1)C(=O)C(N)=O)C(C)(C)C21CCC1)C(C)(C)C)C(C)(C)C. The molecule has 3 saturated carbocycles. The summed E-state index contributed by atoms with van der Waals surface area (Å²) in [7, 11) is 0.576. The maximum absolute atomic E-state index is 14.8. The van der Waals surface area contributed by atoms with Crippen LogP contribution in [0.5, 0.6) is 0 Å². The number of fused-ring (bicyclic) bond motifs is 1. The number of nitrogens with two attached hydrogens (primary N) is 1. The van der Waals surface area contributed by atoms with Crippen molar-refractivity contribution in [2.45, 2.75) is 131 Å². The van der Waals surface area contributed by atoms with Crippen LogP contribution < -0.4 is 21.7 Å². The minimum atomic E-state index is -3.75. The van der Waals surface area contributed by atoms with Gasteiger partial charge in [0.2, 0.25) is 17.6 Å². The maximum Gasteiger partial charge on any atom is 0.315 e. The fourth-order valence-electron chi connectivity index (χ4n) is 9.11. The summed E-state index contributed by atoms with van der Waals surface area (Å²) in [6.07, 6.45) is 6.68. The molecule has 5 amide bonds. The molecule has 1 aliphatic heterocycles. The smallest absolute Gasteiger partial charge is 0.315 e. The van der Waals surface area contributed by atoms with Crippen molar-refractivity contribution in [2.75, 3.05) is 34.2 Å². The topological polar surface area (TPSA) is 191 Å². The van der Waals surface area contributed by atoms with Gasteiger partial charge in [-0.1, -0.05) is 81.1 Å². The van der Waals surface area contributed by atoms with E-state index in [1.165, 1.54) is 25.4 Å². The van der Waals surface area contributed by atoms with Gasteiger partial charge < -0.3 is 26.6 Å². The summed E-state index contributed by atoms with van der Waals surface area (Å²) >= 11 is 0. The van der Waals surface area contributed by atoms with E-state index in [9.17, 15) is 32.4 Å². The van der Waals surface area contributed by atoms with Crippen molar-refractivity contribution in [3.8, 4) is 0 Å². The van der Waals surface area contributed by atoms with Gasteiger partial charge >= 0.3 is 6.03 Å². The lowest BCUT2D eigenvalue weighted by Crippen LogP contribution is -2.62. The van der Waals surface area contributed by atoms with Gasteiger partial charge in [0, 0.05) is 45.7 Å². The second kappa shape index (κ2) is 13.9. The van der Waals surface area contributed by atoms with E-state index in [-0.39, 0.29) is 28.7 Å². The van der Waals surface area contributed by atoms with E-state index in [0.717, 1.165) is 42.8 Å². The predicted octanol–water partition coefficient (Wildman–Crippen LogP) is 2.38. The number of hydrogen-bond donors (Lipinski definition) is 4. The van der Waals surface area contributed by atoms with Gasteiger partial charge in [0.1, 0.15) is 12.1 Å². The van der Waals surface area contributed by atoms with Crippen molar-refractivity contribution in [1.82, 2.24) is 29.5 Å². The quantitative estimate of drug-likeness (QED) is 0.209. The van der Waals surface area contributed by atoms with Gasteiger partial charge in [-0.25, -0.2) is 4.79 Å². The molecule has 0 aromatic carbocycles. The van der Waals surface area contributed by atoms with Crippen LogP contribution in [0, 0.1) is 33.0 Å². The van der Waals surface area contributed by atoms with Crippen molar-refractivity contribution >= 4 is 39.7 Å². The van der Waals surface area contributed by atoms with Crippen LogP contribution >= 0.6 is 0 Å². The lowest BCUT2D eigenvalue weighted by Gasteiger charge is -2.38. The highest BCUT2D eigenvalue weighted by Crippen LogP contribution is 2.88. The van der Waals surface area contributed by atoms with E-state index in [1.807, 2.05) is 41.5 Å². The van der Waals surface area contributed by atoms with Gasteiger partial charge in [0.05, 0.1) is 6.04 Å². The lowest BCUT2D eigenvalue weighted by molar-refractivity contribution is -0.143. The van der Waals surface area contributed by atoms with E-state index >= 15 is 0 Å². The number of primary amides is 1. The van der Waals surface area contributed by atoms with Crippen molar-refractivity contribution in [3.63, 3.8) is 0 Å². The summed E-state index contributed by atoms with van der Waals surface area (Å²) in [5, 5.41) is 8.66. The van der Waals surface area contributed by atoms with Gasteiger partial charge in [-0.3, -0.25) is 19.2 Å². The van der Waals surface area contributed by atoms with Crippen molar-refractivity contribution in [3.05, 3.63) is 0 Å². The number of nitrogens with one attached hydrogen (secondary N) is 3. The van der Waals surface area contributed by atoms with Crippen LogP contribution in [0.1, 0.15) is 107 Å². The zero-order chi connectivity index (χ0) is 38.7. The molecule has 4 fully saturated rings. The Balaban J connectivity index is 1.61. The molecule has 290 valence electrons. The number of urea groups is 1. The highest BCUT2D eigenvalue weighted by atomic mass is 32.2. The third-order valence-electron chi connectivity index (χ3n) is 13.1. The van der Waals surface area contributed by atoms with Crippen molar-refractivity contribution < 1.29 is 32.4 Å². The van der Waals surface area contributed by atoms with Crippen LogP contribution in [-0.4, -0.2) is 110 Å². The summed E-state index contributed by atoms with van der Waals surface area (Å²) < 4.78 is 27.9. The molecule has 4 aliphatic rings. The van der Waals surface area contributed by atoms with Gasteiger partial charge in [-0.05, 0) is 53.3 Å². The summed E-state index contributed by atoms with van der Waals surface area (Å²) in [6.45, 7) is 15.9. The molecule has 51 heavy (non-hydrogen) atoms. The van der Waals surface area contributed by atoms with Gasteiger partial charge in [0.15, 0.2) is 0 Å². The molecule has 1 heterocycles. The van der Waals surface area contributed by atoms with Gasteiger partial charge in [-0.2, -0.15) is 17.0 Å². The Morgan fingerprint density at radius 1 is 0.882 bits per heavy atom. The van der Waals surface area contributed by atoms with E-state index in [4.69, 9.17) is 5.73 Å². The third kappa shape index (κ3) is 7.40. The molecule has 0 aromatic rings. The molecule has 3 unspecified atom stereocenters. The number of carbonyl (C=O) groups excluding carboxylic acids is 5. The normalized spacial score (nSPS) is 25.9. The first-order valence-electron chi connectivity index (χ1n) is 18.4. The lowest BCUT2D eigenvalue weighted by atomic mass is 9.73. The van der Waals surface area contributed by atoms with Crippen LogP contribution in [0.4, 0.5) is 4.79 Å². The molecule has 2 spiro atoms. The first-order chi connectivity index (χ1) is 23.2. The molecule has 3 aliphatic carbocycles. The van der Waals surface area contributed by atoms with E-state index < -0.39 is 74.7 Å². The Hall–Kier alpha value is -2.78. The molecule has 0 aromatic heterocycles. The Labute approximate surface area is 304 Å². The minimum Gasteiger partial charge on any atom is -0.363 e. The Morgan fingerprint density at radius 2 is 1.47 bits per heavy atom. The Kier molecular flexibility index (Phi) is 11.2. The molecule has 1 saturated heterocycles. The second-order valence-corrected chi connectivity index (χ2v) is 20.8. The highest BCUT2D eigenvalue weighted by Gasteiger charge is 2.85. The van der Waals surface area contributed by atoms with E-state index in [1.54, 1.807) is 4.90 Å². The van der Waals surface area contributed by atoms with Crippen LogP contribution in [0.2, 0.25) is 0 Å². The maximum atomic E-state index is 14.8. The number of ketones is 1. The number of likely N-dealkylation sites (N-methyl/N-ethyl adjacent to an activating group) is 1. The largest absolute Gasteiger partial charge is 0.363 e.